The van der Waals surface area contributed by atoms with Gasteiger partial charge in [0, 0.05) is 6.04 Å². The Hall–Kier alpha value is -3.56. The van der Waals surface area contributed by atoms with Gasteiger partial charge < -0.3 is 24.1 Å². The molecule has 0 aliphatic heterocycles. The van der Waals surface area contributed by atoms with Crippen LogP contribution < -0.4 is 20.1 Å². The molecular formula is C21H25N3O7. The molecule has 2 aromatic rings. The molecule has 1 aliphatic rings. The van der Waals surface area contributed by atoms with Crippen molar-refractivity contribution in [1.29, 1.82) is 0 Å². The summed E-state index contributed by atoms with van der Waals surface area (Å²) in [6.45, 7) is 5.22. The second kappa shape index (κ2) is 9.50. The van der Waals surface area contributed by atoms with Gasteiger partial charge in [-0.1, -0.05) is 5.16 Å². The molecule has 1 saturated carbocycles. The molecule has 1 fully saturated rings. The molecule has 1 atom stereocenters. The SMILES string of the molecule is COc1cc(C(=O)OC(C)C(=O)NC(=O)NC2CC2)ccc1OCc1c(C)noc1C. The number of hydrogen-bond donors (Lipinski definition) is 2. The standard InChI is InChI=1S/C21H25N3O7/c1-11-16(12(2)31-24-11)10-29-17-8-5-14(9-18(17)28-4)20(26)30-13(3)19(25)23-21(27)22-15-6-7-15/h5,8-9,13,15H,6-7,10H2,1-4H3,(H2,22,23,25,27). The average Bonchev–Trinajstić information content (AvgIpc) is 3.49. The van der Waals surface area contributed by atoms with Gasteiger partial charge in [0.05, 0.1) is 23.9 Å². The fourth-order valence-electron chi connectivity index (χ4n) is 2.72. The molecule has 10 heteroatoms. The monoisotopic (exact) mass is 431 g/mol. The molecule has 2 N–H and O–H groups in total. The highest BCUT2D eigenvalue weighted by atomic mass is 16.5. The molecule has 3 amide bonds. The fraction of sp³-hybridized carbons (Fsp3) is 0.429. The number of nitrogens with one attached hydrogen (secondary N) is 2. The van der Waals surface area contributed by atoms with E-state index in [1.807, 2.05) is 6.92 Å². The van der Waals surface area contributed by atoms with Crippen LogP contribution in [0.25, 0.3) is 0 Å². The van der Waals surface area contributed by atoms with Crippen LogP contribution in [-0.4, -0.2) is 42.3 Å². The number of esters is 1. The van der Waals surface area contributed by atoms with Crippen LogP contribution >= 0.6 is 0 Å². The van der Waals surface area contributed by atoms with Gasteiger partial charge in [0.2, 0.25) is 0 Å². The first-order valence-corrected chi connectivity index (χ1v) is 9.83. The number of ether oxygens (including phenoxy) is 3. The summed E-state index contributed by atoms with van der Waals surface area (Å²) >= 11 is 0. The molecule has 3 rings (SSSR count). The maximum Gasteiger partial charge on any atom is 0.339 e. The number of methoxy groups -OCH3 is 1. The van der Waals surface area contributed by atoms with E-state index >= 15 is 0 Å². The van der Waals surface area contributed by atoms with Crippen LogP contribution in [0.15, 0.2) is 22.7 Å². The normalized spacial score (nSPS) is 13.8. The highest BCUT2D eigenvalue weighted by Gasteiger charge is 2.26. The maximum absolute atomic E-state index is 12.4. The van der Waals surface area contributed by atoms with Crippen molar-refractivity contribution in [3.63, 3.8) is 0 Å². The minimum absolute atomic E-state index is 0.108. The van der Waals surface area contributed by atoms with Crippen LogP contribution in [0.4, 0.5) is 4.79 Å². The van der Waals surface area contributed by atoms with Crippen LogP contribution in [0.5, 0.6) is 11.5 Å². The number of carbonyl (C=O) groups is 3. The molecule has 1 heterocycles. The van der Waals surface area contributed by atoms with Crippen molar-refractivity contribution in [2.45, 2.75) is 52.4 Å². The third kappa shape index (κ3) is 5.74. The summed E-state index contributed by atoms with van der Waals surface area (Å²) in [5.74, 6) is -0.0443. The summed E-state index contributed by atoms with van der Waals surface area (Å²) in [6, 6.07) is 4.03. The highest BCUT2D eigenvalue weighted by Crippen LogP contribution is 2.30. The van der Waals surface area contributed by atoms with Crippen LogP contribution in [-0.2, 0) is 16.1 Å². The number of rotatable bonds is 8. The molecule has 0 bridgehead atoms. The number of aromatic nitrogens is 1. The number of amides is 3. The Morgan fingerprint density at radius 2 is 1.97 bits per heavy atom. The number of aryl methyl sites for hydroxylation is 2. The van der Waals surface area contributed by atoms with Crippen LogP contribution in [0.1, 0.15) is 47.1 Å². The zero-order chi connectivity index (χ0) is 22.5. The van der Waals surface area contributed by atoms with Crippen molar-refractivity contribution in [2.24, 2.45) is 0 Å². The van der Waals surface area contributed by atoms with E-state index in [1.54, 1.807) is 13.0 Å². The van der Waals surface area contributed by atoms with Gasteiger partial charge >= 0.3 is 12.0 Å². The lowest BCUT2D eigenvalue weighted by Gasteiger charge is -2.15. The molecule has 1 unspecified atom stereocenters. The number of hydrogen-bond acceptors (Lipinski definition) is 8. The van der Waals surface area contributed by atoms with Gasteiger partial charge in [0.1, 0.15) is 12.4 Å². The molecule has 0 radical (unpaired) electrons. The Morgan fingerprint density at radius 1 is 1.23 bits per heavy atom. The Bertz CT molecular complexity index is 962. The van der Waals surface area contributed by atoms with E-state index in [9.17, 15) is 14.4 Å². The van der Waals surface area contributed by atoms with Gasteiger partial charge in [0.25, 0.3) is 5.91 Å². The lowest BCUT2D eigenvalue weighted by molar-refractivity contribution is -0.127. The smallest absolute Gasteiger partial charge is 0.339 e. The summed E-state index contributed by atoms with van der Waals surface area (Å²) in [5, 5.41) is 8.66. The van der Waals surface area contributed by atoms with Crippen LogP contribution in [0.2, 0.25) is 0 Å². The number of imide groups is 1. The van der Waals surface area contributed by atoms with Crippen LogP contribution in [0, 0.1) is 13.8 Å². The van der Waals surface area contributed by atoms with E-state index in [-0.39, 0.29) is 18.2 Å². The second-order valence-corrected chi connectivity index (χ2v) is 7.24. The van der Waals surface area contributed by atoms with Gasteiger partial charge in [-0.15, -0.1) is 0 Å². The largest absolute Gasteiger partial charge is 0.493 e. The first-order chi connectivity index (χ1) is 14.8. The van der Waals surface area contributed by atoms with E-state index in [0.717, 1.165) is 24.1 Å². The lowest BCUT2D eigenvalue weighted by atomic mass is 10.2. The third-order valence-electron chi connectivity index (χ3n) is 4.75. The summed E-state index contributed by atoms with van der Waals surface area (Å²) in [4.78, 5) is 36.1. The van der Waals surface area contributed by atoms with Crippen molar-refractivity contribution < 1.29 is 33.1 Å². The fourth-order valence-corrected chi connectivity index (χ4v) is 2.72. The van der Waals surface area contributed by atoms with Crippen molar-refractivity contribution in [3.05, 3.63) is 40.8 Å². The topological polar surface area (TPSA) is 129 Å². The van der Waals surface area contributed by atoms with E-state index in [2.05, 4.69) is 15.8 Å². The molecule has 1 aromatic carbocycles. The number of urea groups is 1. The molecular weight excluding hydrogens is 406 g/mol. The Morgan fingerprint density at radius 3 is 2.58 bits per heavy atom. The van der Waals surface area contributed by atoms with Crippen molar-refractivity contribution in [3.8, 4) is 11.5 Å². The zero-order valence-electron chi connectivity index (χ0n) is 17.8. The van der Waals surface area contributed by atoms with Gasteiger partial charge in [0.15, 0.2) is 17.6 Å². The lowest BCUT2D eigenvalue weighted by Crippen LogP contribution is -2.45. The molecule has 166 valence electrons. The van der Waals surface area contributed by atoms with Crippen molar-refractivity contribution in [1.82, 2.24) is 15.8 Å². The Balaban J connectivity index is 1.59. The molecule has 10 nitrogen and oxygen atoms in total. The van der Waals surface area contributed by atoms with Gasteiger partial charge in [-0.3, -0.25) is 10.1 Å². The van der Waals surface area contributed by atoms with Crippen LogP contribution in [0.3, 0.4) is 0 Å². The quantitative estimate of drug-likeness (QED) is 0.610. The maximum atomic E-state index is 12.4. The zero-order valence-corrected chi connectivity index (χ0v) is 17.8. The molecule has 0 spiro atoms. The highest BCUT2D eigenvalue weighted by molar-refractivity contribution is 5.98. The number of benzene rings is 1. The Labute approximate surface area is 179 Å². The van der Waals surface area contributed by atoms with Crippen molar-refractivity contribution >= 4 is 17.9 Å². The summed E-state index contributed by atoms with van der Waals surface area (Å²) in [6.07, 6.45) is 0.636. The average molecular weight is 431 g/mol. The van der Waals surface area contributed by atoms with E-state index in [0.29, 0.717) is 17.3 Å². The summed E-state index contributed by atoms with van der Waals surface area (Å²) in [5.41, 5.74) is 1.73. The van der Waals surface area contributed by atoms with E-state index in [4.69, 9.17) is 18.7 Å². The van der Waals surface area contributed by atoms with Crippen molar-refractivity contribution in [2.75, 3.05) is 7.11 Å². The second-order valence-electron chi connectivity index (χ2n) is 7.24. The molecule has 1 aliphatic carbocycles. The first-order valence-electron chi connectivity index (χ1n) is 9.83. The summed E-state index contributed by atoms with van der Waals surface area (Å²) < 4.78 is 21.4. The van der Waals surface area contributed by atoms with E-state index in [1.165, 1.54) is 26.2 Å². The molecule has 1 aromatic heterocycles. The molecule has 0 saturated heterocycles. The predicted octanol–water partition coefficient (Wildman–Crippen LogP) is 2.41. The third-order valence-corrected chi connectivity index (χ3v) is 4.75. The minimum Gasteiger partial charge on any atom is -0.493 e. The number of nitrogens with zero attached hydrogens (tertiary/aromatic N) is 1. The molecule has 31 heavy (non-hydrogen) atoms. The van der Waals surface area contributed by atoms with Gasteiger partial charge in [-0.25, -0.2) is 9.59 Å². The number of carbonyl (C=O) groups excluding carboxylic acids is 3. The van der Waals surface area contributed by atoms with E-state index < -0.39 is 24.0 Å². The van der Waals surface area contributed by atoms with Gasteiger partial charge in [-0.2, -0.15) is 0 Å². The first kappa shape index (κ1) is 22.1. The van der Waals surface area contributed by atoms with Gasteiger partial charge in [-0.05, 0) is 51.8 Å². The summed E-state index contributed by atoms with van der Waals surface area (Å²) in [7, 11) is 1.45. The predicted molar refractivity (Wildman–Crippen MR) is 108 cm³/mol. The Kier molecular flexibility index (Phi) is 6.78. The minimum atomic E-state index is -1.15.